The first-order valence-electron chi connectivity index (χ1n) is 7.60. The Bertz CT molecular complexity index is 775. The Kier molecular flexibility index (Phi) is 4.26. The third kappa shape index (κ3) is 3.47. The monoisotopic (exact) mass is 333 g/mol. The molecule has 1 aromatic carbocycles. The lowest BCUT2D eigenvalue weighted by molar-refractivity contribution is -0.122. The van der Waals surface area contributed by atoms with Gasteiger partial charge in [-0.25, -0.2) is 8.42 Å². The van der Waals surface area contributed by atoms with Crippen LogP contribution < -0.4 is 5.32 Å². The van der Waals surface area contributed by atoms with E-state index in [2.05, 4.69) is 5.32 Å². The molecule has 3 rings (SSSR count). The molecular weight excluding hydrogens is 314 g/mol. The predicted molar refractivity (Wildman–Crippen MR) is 85.5 cm³/mol. The summed E-state index contributed by atoms with van der Waals surface area (Å²) in [5, 5.41) is 1.81. The number of nitrogens with one attached hydrogen (secondary N) is 1. The zero-order valence-corrected chi connectivity index (χ0v) is 13.7. The number of furan rings is 1. The molecule has 1 aromatic heterocycles. The van der Waals surface area contributed by atoms with Gasteiger partial charge in [0.1, 0.15) is 11.0 Å². The topological polar surface area (TPSA) is 76.4 Å². The number of amides is 1. The Hall–Kier alpha value is -2.08. The van der Waals surface area contributed by atoms with Crippen LogP contribution in [-0.4, -0.2) is 20.9 Å². The predicted octanol–water partition coefficient (Wildman–Crippen LogP) is 2.63. The smallest absolute Gasteiger partial charge is 0.223 e. The summed E-state index contributed by atoms with van der Waals surface area (Å²) in [6, 6.07) is 9.96. The maximum absolute atomic E-state index is 12.9. The third-order valence-corrected chi connectivity index (χ3v) is 6.07. The molecule has 0 spiro atoms. The average Bonchev–Trinajstić information content (AvgIpc) is 3.24. The van der Waals surface area contributed by atoms with E-state index in [0.29, 0.717) is 5.76 Å². The van der Waals surface area contributed by atoms with Crippen molar-refractivity contribution in [2.45, 2.75) is 29.9 Å². The second kappa shape index (κ2) is 6.20. The van der Waals surface area contributed by atoms with Crippen molar-refractivity contribution in [2.24, 2.45) is 5.92 Å². The minimum atomic E-state index is -3.65. The van der Waals surface area contributed by atoms with Crippen LogP contribution in [0.1, 0.15) is 29.4 Å². The largest absolute Gasteiger partial charge is 0.468 e. The van der Waals surface area contributed by atoms with Crippen molar-refractivity contribution in [1.29, 1.82) is 0 Å². The van der Waals surface area contributed by atoms with Gasteiger partial charge in [-0.15, -0.1) is 0 Å². The summed E-state index contributed by atoms with van der Waals surface area (Å²) in [4.78, 5) is 12.1. The Labute approximate surface area is 135 Å². The lowest BCUT2D eigenvalue weighted by Crippen LogP contribution is -2.32. The van der Waals surface area contributed by atoms with Gasteiger partial charge in [0.15, 0.2) is 9.84 Å². The van der Waals surface area contributed by atoms with Crippen molar-refractivity contribution in [1.82, 2.24) is 5.32 Å². The van der Waals surface area contributed by atoms with Crippen LogP contribution >= 0.6 is 0 Å². The highest BCUT2D eigenvalue weighted by Gasteiger charge is 2.34. The summed E-state index contributed by atoms with van der Waals surface area (Å²) in [7, 11) is -3.65. The second-order valence-corrected chi connectivity index (χ2v) is 8.01. The van der Waals surface area contributed by atoms with Crippen molar-refractivity contribution in [3.05, 3.63) is 54.0 Å². The number of aryl methyl sites for hydroxylation is 1. The first-order chi connectivity index (χ1) is 11.0. The molecule has 1 atom stereocenters. The molecule has 1 aliphatic rings. The van der Waals surface area contributed by atoms with Crippen molar-refractivity contribution in [2.75, 3.05) is 6.54 Å². The molecular formula is C17H19NO4S. The standard InChI is InChI=1S/C17H19NO4S/c1-12-4-8-14(9-5-12)23(20,21)16(15-3-2-10-22-15)11-18-17(19)13-6-7-13/h2-5,8-10,13,16H,6-7,11H2,1H3,(H,18,19). The van der Waals surface area contributed by atoms with E-state index in [1.165, 1.54) is 6.26 Å². The minimum absolute atomic E-state index is 0.0130. The second-order valence-electron chi connectivity index (χ2n) is 5.88. The summed E-state index contributed by atoms with van der Waals surface area (Å²) < 4.78 is 31.2. The highest BCUT2D eigenvalue weighted by atomic mass is 32.2. The lowest BCUT2D eigenvalue weighted by Gasteiger charge is -2.16. The summed E-state index contributed by atoms with van der Waals surface area (Å²) in [5.41, 5.74) is 0.987. The molecule has 6 heteroatoms. The average molecular weight is 333 g/mol. The molecule has 0 radical (unpaired) electrons. The molecule has 23 heavy (non-hydrogen) atoms. The van der Waals surface area contributed by atoms with Crippen molar-refractivity contribution in [3.63, 3.8) is 0 Å². The highest BCUT2D eigenvalue weighted by Crippen LogP contribution is 2.31. The molecule has 2 aromatic rings. The maximum atomic E-state index is 12.9. The molecule has 1 fully saturated rings. The Balaban J connectivity index is 1.87. The van der Waals surface area contributed by atoms with Crippen molar-refractivity contribution < 1.29 is 17.6 Å². The fraction of sp³-hybridized carbons (Fsp3) is 0.353. The number of sulfone groups is 1. The van der Waals surface area contributed by atoms with Gasteiger partial charge in [0.05, 0.1) is 11.2 Å². The van der Waals surface area contributed by atoms with Crippen LogP contribution in [-0.2, 0) is 14.6 Å². The molecule has 1 unspecified atom stereocenters. The Morgan fingerprint density at radius 1 is 1.26 bits per heavy atom. The fourth-order valence-corrected chi connectivity index (χ4v) is 4.00. The van der Waals surface area contributed by atoms with E-state index < -0.39 is 15.1 Å². The molecule has 0 saturated heterocycles. The van der Waals surface area contributed by atoms with Gasteiger partial charge in [0.2, 0.25) is 5.91 Å². The van der Waals surface area contributed by atoms with Crippen LogP contribution in [0, 0.1) is 12.8 Å². The summed E-state index contributed by atoms with van der Waals surface area (Å²) in [6.07, 6.45) is 3.19. The highest BCUT2D eigenvalue weighted by molar-refractivity contribution is 7.91. The number of carbonyl (C=O) groups excluding carboxylic acids is 1. The van der Waals surface area contributed by atoms with Gasteiger partial charge in [0, 0.05) is 12.5 Å². The van der Waals surface area contributed by atoms with Gasteiger partial charge in [-0.3, -0.25) is 4.79 Å². The number of hydrogen-bond acceptors (Lipinski definition) is 4. The first-order valence-corrected chi connectivity index (χ1v) is 9.15. The quantitative estimate of drug-likeness (QED) is 0.881. The van der Waals surface area contributed by atoms with Gasteiger partial charge in [-0.05, 0) is 44.0 Å². The van der Waals surface area contributed by atoms with Gasteiger partial charge >= 0.3 is 0 Å². The normalized spacial score (nSPS) is 16.0. The lowest BCUT2D eigenvalue weighted by atomic mass is 10.2. The van der Waals surface area contributed by atoms with E-state index in [4.69, 9.17) is 4.42 Å². The van der Waals surface area contributed by atoms with E-state index >= 15 is 0 Å². The van der Waals surface area contributed by atoms with Crippen molar-refractivity contribution >= 4 is 15.7 Å². The van der Waals surface area contributed by atoms with Crippen LogP contribution in [0.5, 0.6) is 0 Å². The molecule has 5 nitrogen and oxygen atoms in total. The van der Waals surface area contributed by atoms with Crippen LogP contribution in [0.25, 0.3) is 0 Å². The Morgan fingerprint density at radius 2 is 1.96 bits per heavy atom. The maximum Gasteiger partial charge on any atom is 0.223 e. The molecule has 1 saturated carbocycles. The summed E-state index contributed by atoms with van der Waals surface area (Å²) >= 11 is 0. The van der Waals surface area contributed by atoms with E-state index in [1.54, 1.807) is 36.4 Å². The number of rotatable bonds is 6. The SMILES string of the molecule is Cc1ccc(S(=O)(=O)C(CNC(=O)C2CC2)c2ccco2)cc1. The van der Waals surface area contributed by atoms with E-state index in [-0.39, 0.29) is 23.3 Å². The zero-order valence-electron chi connectivity index (χ0n) is 12.9. The van der Waals surface area contributed by atoms with Crippen molar-refractivity contribution in [3.8, 4) is 0 Å². The van der Waals surface area contributed by atoms with E-state index in [9.17, 15) is 13.2 Å². The molecule has 1 aliphatic carbocycles. The molecule has 1 heterocycles. The van der Waals surface area contributed by atoms with Crippen LogP contribution in [0.4, 0.5) is 0 Å². The molecule has 1 amide bonds. The summed E-state index contributed by atoms with van der Waals surface area (Å²) in [5.74, 6) is 0.289. The van der Waals surface area contributed by atoms with Gasteiger partial charge < -0.3 is 9.73 Å². The van der Waals surface area contributed by atoms with Gasteiger partial charge in [0.25, 0.3) is 0 Å². The van der Waals surface area contributed by atoms with Crippen LogP contribution in [0.15, 0.2) is 52.0 Å². The number of benzene rings is 1. The number of hydrogen-bond donors (Lipinski definition) is 1. The molecule has 122 valence electrons. The Morgan fingerprint density at radius 3 is 2.52 bits per heavy atom. The first kappa shape index (κ1) is 15.8. The van der Waals surface area contributed by atoms with Gasteiger partial charge in [-0.2, -0.15) is 0 Å². The van der Waals surface area contributed by atoms with Crippen LogP contribution in [0.3, 0.4) is 0 Å². The molecule has 0 aliphatic heterocycles. The molecule has 0 bridgehead atoms. The summed E-state index contributed by atoms with van der Waals surface area (Å²) in [6.45, 7) is 1.91. The molecule has 1 N–H and O–H groups in total. The fourth-order valence-electron chi connectivity index (χ4n) is 2.41. The zero-order chi connectivity index (χ0) is 16.4. The third-order valence-electron chi connectivity index (χ3n) is 3.99. The number of carbonyl (C=O) groups is 1. The van der Waals surface area contributed by atoms with E-state index in [0.717, 1.165) is 18.4 Å². The van der Waals surface area contributed by atoms with Crippen LogP contribution in [0.2, 0.25) is 0 Å². The minimum Gasteiger partial charge on any atom is -0.468 e. The van der Waals surface area contributed by atoms with Gasteiger partial charge in [-0.1, -0.05) is 17.7 Å². The van der Waals surface area contributed by atoms with E-state index in [1.807, 2.05) is 6.92 Å².